The number of carboxylic acids is 1. The first-order valence-corrected chi connectivity index (χ1v) is 2.92. The summed E-state index contributed by atoms with van der Waals surface area (Å²) in [6.07, 6.45) is 0.364. The first-order valence-electron chi connectivity index (χ1n) is 2.92. The predicted octanol–water partition coefficient (Wildman–Crippen LogP) is -1.06. The summed E-state index contributed by atoms with van der Waals surface area (Å²) in [7, 11) is 1.46. The van der Waals surface area contributed by atoms with Gasteiger partial charge in [-0.1, -0.05) is 0 Å². The van der Waals surface area contributed by atoms with E-state index in [1.165, 1.54) is 7.11 Å². The molecule has 0 bridgehead atoms. The normalized spacial score (nSPS) is 13.0. The summed E-state index contributed by atoms with van der Waals surface area (Å²) in [6, 6.07) is -0.803. The lowest BCUT2D eigenvalue weighted by molar-refractivity contribution is -0.138. The zero-order chi connectivity index (χ0) is 7.98. The molecule has 5 nitrogen and oxygen atoms in total. The van der Waals surface area contributed by atoms with Gasteiger partial charge in [0.2, 0.25) is 0 Å². The van der Waals surface area contributed by atoms with Crippen LogP contribution in [0.15, 0.2) is 0 Å². The monoisotopic (exact) mass is 148 g/mol. The maximum atomic E-state index is 10.1. The van der Waals surface area contributed by atoms with E-state index in [0.717, 1.165) is 0 Å². The molecule has 0 aromatic heterocycles. The maximum absolute atomic E-state index is 10.1. The Kier molecular flexibility index (Phi) is 4.82. The summed E-state index contributed by atoms with van der Waals surface area (Å²) in [5.74, 6) is -0.988. The second-order valence-corrected chi connectivity index (χ2v) is 1.83. The van der Waals surface area contributed by atoms with Crippen LogP contribution in [-0.4, -0.2) is 30.8 Å². The minimum atomic E-state index is -0.988. The van der Waals surface area contributed by atoms with Gasteiger partial charge in [-0.05, 0) is 6.42 Å². The number of nitrogens with one attached hydrogen (secondary N) is 1. The lowest BCUT2D eigenvalue weighted by atomic mass is 10.2. The summed E-state index contributed by atoms with van der Waals surface area (Å²) in [4.78, 5) is 14.6. The standard InChI is InChI=1S/C5H12N2O3/c1-10-7-3-2-4(6)5(8)9/h4,7H,2-3,6H2,1H3,(H,8,9)/t4-/m0/s1. The van der Waals surface area contributed by atoms with Gasteiger partial charge in [-0.15, -0.1) is 0 Å². The molecule has 0 aromatic carbocycles. The smallest absolute Gasteiger partial charge is 0.320 e. The molecule has 0 aliphatic rings. The van der Waals surface area contributed by atoms with E-state index in [-0.39, 0.29) is 0 Å². The third-order valence-electron chi connectivity index (χ3n) is 1.02. The fourth-order valence-corrected chi connectivity index (χ4v) is 0.440. The minimum Gasteiger partial charge on any atom is -0.480 e. The lowest BCUT2D eigenvalue weighted by Crippen LogP contribution is -2.33. The molecule has 4 N–H and O–H groups in total. The molecule has 1 atom stereocenters. The van der Waals surface area contributed by atoms with Gasteiger partial charge >= 0.3 is 5.97 Å². The highest BCUT2D eigenvalue weighted by Gasteiger charge is 2.09. The van der Waals surface area contributed by atoms with E-state index >= 15 is 0 Å². The third kappa shape index (κ3) is 4.25. The first-order chi connectivity index (χ1) is 4.68. The molecular weight excluding hydrogens is 136 g/mol. The van der Waals surface area contributed by atoms with Crippen LogP contribution in [0.2, 0.25) is 0 Å². The predicted molar refractivity (Wildman–Crippen MR) is 35.2 cm³/mol. The van der Waals surface area contributed by atoms with E-state index in [0.29, 0.717) is 13.0 Å². The molecule has 0 heterocycles. The average molecular weight is 148 g/mol. The van der Waals surface area contributed by atoms with Gasteiger partial charge in [0, 0.05) is 6.54 Å². The van der Waals surface area contributed by atoms with Crippen molar-refractivity contribution in [2.75, 3.05) is 13.7 Å². The van der Waals surface area contributed by atoms with Crippen molar-refractivity contribution in [1.82, 2.24) is 5.48 Å². The lowest BCUT2D eigenvalue weighted by Gasteiger charge is -2.04. The molecule has 0 amide bonds. The molecule has 0 saturated heterocycles. The van der Waals surface area contributed by atoms with Crippen molar-refractivity contribution >= 4 is 5.97 Å². The highest BCUT2D eigenvalue weighted by molar-refractivity contribution is 5.72. The van der Waals surface area contributed by atoms with Crippen molar-refractivity contribution in [3.8, 4) is 0 Å². The summed E-state index contributed by atoms with van der Waals surface area (Å²) in [5.41, 5.74) is 7.65. The van der Waals surface area contributed by atoms with E-state index in [2.05, 4.69) is 10.3 Å². The van der Waals surface area contributed by atoms with Gasteiger partial charge in [-0.2, -0.15) is 0 Å². The Balaban J connectivity index is 3.21. The zero-order valence-corrected chi connectivity index (χ0v) is 5.83. The topological polar surface area (TPSA) is 84.6 Å². The number of nitrogens with two attached hydrogens (primary N) is 1. The Bertz CT molecular complexity index is 107. The molecule has 60 valence electrons. The molecule has 0 saturated carbocycles. The fraction of sp³-hybridized carbons (Fsp3) is 0.800. The van der Waals surface area contributed by atoms with Crippen molar-refractivity contribution in [3.63, 3.8) is 0 Å². The number of hydrogen-bond acceptors (Lipinski definition) is 4. The Hall–Kier alpha value is -0.650. The van der Waals surface area contributed by atoms with Gasteiger partial charge < -0.3 is 15.7 Å². The number of hydrogen-bond donors (Lipinski definition) is 3. The Labute approximate surface area is 59.1 Å². The zero-order valence-electron chi connectivity index (χ0n) is 5.83. The number of aliphatic carboxylic acids is 1. The van der Waals surface area contributed by atoms with Gasteiger partial charge in [0.25, 0.3) is 0 Å². The molecule has 0 aromatic rings. The van der Waals surface area contributed by atoms with Gasteiger partial charge in [-0.25, -0.2) is 5.48 Å². The highest BCUT2D eigenvalue weighted by atomic mass is 16.6. The Morgan fingerprint density at radius 1 is 1.90 bits per heavy atom. The number of carboxylic acid groups (broad SMARTS) is 1. The molecule has 0 rings (SSSR count). The SMILES string of the molecule is CONCC[C@H](N)C(=O)O. The molecule has 0 aliphatic heterocycles. The van der Waals surface area contributed by atoms with Crippen LogP contribution in [-0.2, 0) is 9.63 Å². The molecule has 0 unspecified atom stereocenters. The van der Waals surface area contributed by atoms with Gasteiger partial charge in [0.15, 0.2) is 0 Å². The van der Waals surface area contributed by atoms with Crippen molar-refractivity contribution in [1.29, 1.82) is 0 Å². The van der Waals surface area contributed by atoms with E-state index < -0.39 is 12.0 Å². The fourth-order valence-electron chi connectivity index (χ4n) is 0.440. The second-order valence-electron chi connectivity index (χ2n) is 1.83. The van der Waals surface area contributed by atoms with Crippen molar-refractivity contribution < 1.29 is 14.7 Å². The number of hydroxylamine groups is 1. The number of carbonyl (C=O) groups is 1. The van der Waals surface area contributed by atoms with Crippen LogP contribution in [0.1, 0.15) is 6.42 Å². The quantitative estimate of drug-likeness (QED) is 0.342. The van der Waals surface area contributed by atoms with Crippen molar-refractivity contribution in [2.24, 2.45) is 5.73 Å². The third-order valence-corrected chi connectivity index (χ3v) is 1.02. The molecule has 0 spiro atoms. The van der Waals surface area contributed by atoms with Crippen LogP contribution in [0.4, 0.5) is 0 Å². The van der Waals surface area contributed by atoms with E-state index in [1.54, 1.807) is 0 Å². The maximum Gasteiger partial charge on any atom is 0.320 e. The van der Waals surface area contributed by atoms with Gasteiger partial charge in [-0.3, -0.25) is 4.79 Å². The molecule has 0 fully saturated rings. The van der Waals surface area contributed by atoms with Crippen LogP contribution in [0.25, 0.3) is 0 Å². The molecular formula is C5H12N2O3. The average Bonchev–Trinajstić information content (AvgIpc) is 1.88. The van der Waals surface area contributed by atoms with Crippen molar-refractivity contribution in [2.45, 2.75) is 12.5 Å². The Morgan fingerprint density at radius 2 is 2.50 bits per heavy atom. The van der Waals surface area contributed by atoms with E-state index in [1.807, 2.05) is 0 Å². The van der Waals surface area contributed by atoms with E-state index in [4.69, 9.17) is 10.8 Å². The van der Waals surface area contributed by atoms with Crippen LogP contribution < -0.4 is 11.2 Å². The van der Waals surface area contributed by atoms with Crippen molar-refractivity contribution in [3.05, 3.63) is 0 Å². The second kappa shape index (κ2) is 5.16. The first kappa shape index (κ1) is 9.35. The van der Waals surface area contributed by atoms with Crippen LogP contribution in [0.3, 0.4) is 0 Å². The van der Waals surface area contributed by atoms with Gasteiger partial charge in [0.05, 0.1) is 7.11 Å². The van der Waals surface area contributed by atoms with E-state index in [9.17, 15) is 4.79 Å². The molecule has 0 aliphatic carbocycles. The minimum absolute atomic E-state index is 0.364. The molecule has 0 radical (unpaired) electrons. The molecule has 5 heteroatoms. The summed E-state index contributed by atoms with van der Waals surface area (Å²) in [6.45, 7) is 0.448. The largest absolute Gasteiger partial charge is 0.480 e. The Morgan fingerprint density at radius 3 is 2.90 bits per heavy atom. The van der Waals surface area contributed by atoms with Crippen LogP contribution in [0, 0.1) is 0 Å². The van der Waals surface area contributed by atoms with Gasteiger partial charge in [0.1, 0.15) is 6.04 Å². The van der Waals surface area contributed by atoms with Crippen LogP contribution >= 0.6 is 0 Å². The summed E-state index contributed by atoms with van der Waals surface area (Å²) in [5, 5.41) is 8.29. The summed E-state index contributed by atoms with van der Waals surface area (Å²) < 4.78 is 0. The highest BCUT2D eigenvalue weighted by Crippen LogP contribution is 1.84. The summed E-state index contributed by atoms with van der Waals surface area (Å²) >= 11 is 0. The molecule has 10 heavy (non-hydrogen) atoms. The van der Waals surface area contributed by atoms with Crippen LogP contribution in [0.5, 0.6) is 0 Å². The number of rotatable bonds is 5.